The van der Waals surface area contributed by atoms with Crippen LogP contribution in [0, 0.1) is 0 Å². The first-order valence-corrected chi connectivity index (χ1v) is 9.63. The number of alkyl carbamates (subject to hydrolysis) is 1. The fourth-order valence-corrected chi connectivity index (χ4v) is 2.98. The minimum atomic E-state index is -0.508. The summed E-state index contributed by atoms with van der Waals surface area (Å²) in [7, 11) is 0. The van der Waals surface area contributed by atoms with E-state index in [0.717, 1.165) is 24.0 Å². The molecule has 1 atom stereocenters. The van der Waals surface area contributed by atoms with Crippen molar-refractivity contribution in [1.29, 1.82) is 0 Å². The standard InChI is InChI=1S/C22H33NO4/c1-15(23-19(25)27-21(5,6)7)14-16-8-10-17(11-9-16)22(12-13-22)18(24)26-20(2,3)4/h8-11,15H,12-14H2,1-7H3,(H,23,25)/t15-/m1/s1. The van der Waals surface area contributed by atoms with Gasteiger partial charge in [0.2, 0.25) is 0 Å². The van der Waals surface area contributed by atoms with Gasteiger partial charge in [-0.1, -0.05) is 24.3 Å². The zero-order valence-corrected chi connectivity index (χ0v) is 17.6. The summed E-state index contributed by atoms with van der Waals surface area (Å²) in [4.78, 5) is 24.4. The number of ether oxygens (including phenoxy) is 2. The molecule has 27 heavy (non-hydrogen) atoms. The van der Waals surface area contributed by atoms with Crippen molar-refractivity contribution in [1.82, 2.24) is 5.32 Å². The molecule has 0 radical (unpaired) electrons. The van der Waals surface area contributed by atoms with Crippen LogP contribution in [-0.2, 0) is 26.1 Å². The normalized spacial score (nSPS) is 17.0. The Morgan fingerprint density at radius 2 is 1.52 bits per heavy atom. The first-order valence-electron chi connectivity index (χ1n) is 9.63. The highest BCUT2D eigenvalue weighted by molar-refractivity contribution is 5.87. The molecule has 5 nitrogen and oxygen atoms in total. The number of carbonyl (C=O) groups excluding carboxylic acids is 2. The van der Waals surface area contributed by atoms with Gasteiger partial charge in [-0.25, -0.2) is 4.79 Å². The lowest BCUT2D eigenvalue weighted by molar-refractivity contribution is -0.158. The Bertz CT molecular complexity index is 676. The second-order valence-electron chi connectivity index (χ2n) is 9.53. The van der Waals surface area contributed by atoms with Gasteiger partial charge in [0.15, 0.2) is 0 Å². The Morgan fingerprint density at radius 1 is 1.00 bits per heavy atom. The number of esters is 1. The van der Waals surface area contributed by atoms with E-state index in [2.05, 4.69) is 5.32 Å². The lowest BCUT2D eigenvalue weighted by Crippen LogP contribution is -2.38. The minimum absolute atomic E-state index is 0.0496. The van der Waals surface area contributed by atoms with E-state index in [1.54, 1.807) is 0 Å². The summed E-state index contributed by atoms with van der Waals surface area (Å²) in [6.07, 6.45) is 1.95. The number of rotatable bonds is 5. The molecule has 150 valence electrons. The Kier molecular flexibility index (Phi) is 5.93. The van der Waals surface area contributed by atoms with E-state index < -0.39 is 22.7 Å². The van der Waals surface area contributed by atoms with Crippen LogP contribution in [0.5, 0.6) is 0 Å². The average molecular weight is 376 g/mol. The Balaban J connectivity index is 1.95. The highest BCUT2D eigenvalue weighted by Crippen LogP contribution is 2.49. The molecule has 0 heterocycles. The SMILES string of the molecule is C[C@H](Cc1ccc(C2(C(=O)OC(C)(C)C)CC2)cc1)NC(=O)OC(C)(C)C. The van der Waals surface area contributed by atoms with Crippen molar-refractivity contribution < 1.29 is 19.1 Å². The first kappa shape index (κ1) is 21.3. The van der Waals surface area contributed by atoms with E-state index in [-0.39, 0.29) is 12.0 Å². The van der Waals surface area contributed by atoms with Crippen molar-refractivity contribution in [2.24, 2.45) is 0 Å². The molecular weight excluding hydrogens is 342 g/mol. The first-order chi connectivity index (χ1) is 12.3. The predicted molar refractivity (Wildman–Crippen MR) is 106 cm³/mol. The molecule has 1 fully saturated rings. The summed E-state index contributed by atoms with van der Waals surface area (Å²) in [5.74, 6) is -0.136. The van der Waals surface area contributed by atoms with Crippen molar-refractivity contribution in [3.8, 4) is 0 Å². The summed E-state index contributed by atoms with van der Waals surface area (Å²) < 4.78 is 10.9. The van der Waals surface area contributed by atoms with Gasteiger partial charge in [-0.2, -0.15) is 0 Å². The molecule has 1 aliphatic rings. The van der Waals surface area contributed by atoms with Gasteiger partial charge in [0.25, 0.3) is 0 Å². The monoisotopic (exact) mass is 375 g/mol. The molecular formula is C22H33NO4. The van der Waals surface area contributed by atoms with E-state index in [1.807, 2.05) is 72.7 Å². The van der Waals surface area contributed by atoms with Crippen LogP contribution in [0.4, 0.5) is 4.79 Å². The van der Waals surface area contributed by atoms with Gasteiger partial charge in [0.1, 0.15) is 11.2 Å². The van der Waals surface area contributed by atoms with E-state index in [4.69, 9.17) is 9.47 Å². The maximum Gasteiger partial charge on any atom is 0.407 e. The average Bonchev–Trinajstić information content (AvgIpc) is 3.25. The van der Waals surface area contributed by atoms with Gasteiger partial charge >= 0.3 is 12.1 Å². The number of carbonyl (C=O) groups is 2. The summed E-state index contributed by atoms with van der Waals surface area (Å²) in [6.45, 7) is 13.1. The van der Waals surface area contributed by atoms with Gasteiger partial charge in [0.05, 0.1) is 5.41 Å². The lowest BCUT2D eigenvalue weighted by Gasteiger charge is -2.24. The zero-order chi connectivity index (χ0) is 20.5. The van der Waals surface area contributed by atoms with Crippen molar-refractivity contribution in [2.75, 3.05) is 0 Å². The van der Waals surface area contributed by atoms with Crippen LogP contribution in [0.1, 0.15) is 72.4 Å². The molecule has 1 aromatic rings. The number of nitrogens with one attached hydrogen (secondary N) is 1. The summed E-state index contributed by atoms with van der Waals surface area (Å²) in [5, 5.41) is 2.85. The number of hydrogen-bond donors (Lipinski definition) is 1. The van der Waals surface area contributed by atoms with Crippen LogP contribution >= 0.6 is 0 Å². The van der Waals surface area contributed by atoms with Crippen LogP contribution < -0.4 is 5.32 Å². The van der Waals surface area contributed by atoms with Crippen LogP contribution in [0.25, 0.3) is 0 Å². The van der Waals surface area contributed by atoms with Crippen LogP contribution in [0.3, 0.4) is 0 Å². The molecule has 0 unspecified atom stereocenters. The van der Waals surface area contributed by atoms with Gasteiger partial charge in [-0.3, -0.25) is 4.79 Å². The quantitative estimate of drug-likeness (QED) is 0.769. The third kappa shape index (κ3) is 6.26. The van der Waals surface area contributed by atoms with E-state index in [9.17, 15) is 9.59 Å². The van der Waals surface area contributed by atoms with Crippen molar-refractivity contribution >= 4 is 12.1 Å². The highest BCUT2D eigenvalue weighted by Gasteiger charge is 2.53. The zero-order valence-electron chi connectivity index (χ0n) is 17.6. The second kappa shape index (κ2) is 7.53. The highest BCUT2D eigenvalue weighted by atomic mass is 16.6. The molecule has 0 aromatic heterocycles. The molecule has 0 aliphatic heterocycles. The van der Waals surface area contributed by atoms with Gasteiger partial charge in [-0.05, 0) is 78.9 Å². The fraction of sp³-hybridized carbons (Fsp3) is 0.636. The van der Waals surface area contributed by atoms with Crippen molar-refractivity contribution in [3.63, 3.8) is 0 Å². The van der Waals surface area contributed by atoms with Crippen molar-refractivity contribution in [2.45, 2.75) is 90.4 Å². The molecule has 0 saturated heterocycles. The van der Waals surface area contributed by atoms with Gasteiger partial charge in [-0.15, -0.1) is 0 Å². The third-order valence-corrected chi connectivity index (χ3v) is 4.35. The third-order valence-electron chi connectivity index (χ3n) is 4.35. The van der Waals surface area contributed by atoms with Crippen LogP contribution in [-0.4, -0.2) is 29.3 Å². The molecule has 5 heteroatoms. The summed E-state index contributed by atoms with van der Waals surface area (Å²) in [5.41, 5.74) is 0.642. The molecule has 1 aromatic carbocycles. The predicted octanol–water partition coefficient (Wildman–Crippen LogP) is 4.52. The topological polar surface area (TPSA) is 64.6 Å². The Morgan fingerprint density at radius 3 is 1.96 bits per heavy atom. The maximum atomic E-state index is 12.6. The summed E-state index contributed by atoms with van der Waals surface area (Å²) in [6, 6.07) is 8.00. The Hall–Kier alpha value is -2.04. The molecule has 0 spiro atoms. The van der Waals surface area contributed by atoms with E-state index >= 15 is 0 Å². The largest absolute Gasteiger partial charge is 0.459 e. The molecule has 1 N–H and O–H groups in total. The lowest BCUT2D eigenvalue weighted by atomic mass is 9.93. The second-order valence-corrected chi connectivity index (χ2v) is 9.53. The summed E-state index contributed by atoms with van der Waals surface area (Å²) >= 11 is 0. The molecule has 1 amide bonds. The molecule has 0 bridgehead atoms. The van der Waals surface area contributed by atoms with Gasteiger partial charge < -0.3 is 14.8 Å². The number of benzene rings is 1. The fourth-order valence-electron chi connectivity index (χ4n) is 2.98. The van der Waals surface area contributed by atoms with Crippen LogP contribution in [0.2, 0.25) is 0 Å². The maximum absolute atomic E-state index is 12.6. The van der Waals surface area contributed by atoms with Crippen LogP contribution in [0.15, 0.2) is 24.3 Å². The number of hydrogen-bond acceptors (Lipinski definition) is 4. The molecule has 1 saturated carbocycles. The smallest absolute Gasteiger partial charge is 0.407 e. The number of amides is 1. The van der Waals surface area contributed by atoms with E-state index in [1.165, 1.54) is 0 Å². The minimum Gasteiger partial charge on any atom is -0.459 e. The van der Waals surface area contributed by atoms with E-state index in [0.29, 0.717) is 6.42 Å². The van der Waals surface area contributed by atoms with Crippen molar-refractivity contribution in [3.05, 3.63) is 35.4 Å². The Labute approximate surface area is 162 Å². The molecule has 2 rings (SSSR count). The molecule has 1 aliphatic carbocycles. The van der Waals surface area contributed by atoms with Gasteiger partial charge in [0, 0.05) is 6.04 Å².